The Labute approximate surface area is 174 Å². The van der Waals surface area contributed by atoms with E-state index in [9.17, 15) is 9.59 Å². The van der Waals surface area contributed by atoms with Crippen molar-refractivity contribution in [3.05, 3.63) is 59.0 Å². The van der Waals surface area contributed by atoms with E-state index in [1.165, 1.54) is 17.5 Å². The molecule has 29 heavy (non-hydrogen) atoms. The smallest absolute Gasteiger partial charge is 0.359 e. The van der Waals surface area contributed by atoms with E-state index in [4.69, 9.17) is 4.74 Å². The first-order valence-corrected chi connectivity index (χ1v) is 10.6. The van der Waals surface area contributed by atoms with Gasteiger partial charge in [0.1, 0.15) is 0 Å². The summed E-state index contributed by atoms with van der Waals surface area (Å²) in [6.07, 6.45) is 0.718. The first-order valence-electron chi connectivity index (χ1n) is 8.87. The second kappa shape index (κ2) is 8.46. The molecule has 0 saturated carbocycles. The number of para-hydroxylation sites is 2. The zero-order valence-electron chi connectivity index (χ0n) is 15.4. The topological polar surface area (TPSA) is 94.1 Å². The van der Waals surface area contributed by atoms with E-state index in [0.29, 0.717) is 22.6 Å². The van der Waals surface area contributed by atoms with Crippen molar-refractivity contribution < 1.29 is 14.3 Å². The largest absolute Gasteiger partial charge is 0.447 e. The molecule has 0 aliphatic rings. The molecule has 146 valence electrons. The number of anilines is 1. The van der Waals surface area contributed by atoms with Crippen LogP contribution in [-0.4, -0.2) is 32.9 Å². The number of esters is 1. The number of aromatic nitrogens is 3. The normalized spacial score (nSPS) is 11.9. The standard InChI is InChI=1S/C20H16N4O3S2/c1-2-16(18(25)24-20-23-15(11-29-20)17-8-5-9-28-17)27-19(26)14-10-21-12-6-3-4-7-13(12)22-14/h3-11,16H,2H2,1H3,(H,23,24,25). The van der Waals surface area contributed by atoms with Crippen LogP contribution in [0.15, 0.2) is 53.4 Å². The molecule has 1 amide bonds. The van der Waals surface area contributed by atoms with Crippen LogP contribution in [0.3, 0.4) is 0 Å². The molecule has 4 aromatic rings. The predicted octanol–water partition coefficient (Wildman–Crippen LogP) is 4.39. The molecule has 0 spiro atoms. The lowest BCUT2D eigenvalue weighted by atomic mass is 10.2. The Hall–Kier alpha value is -3.17. The molecular weight excluding hydrogens is 408 g/mol. The summed E-state index contributed by atoms with van der Waals surface area (Å²) < 4.78 is 5.37. The van der Waals surface area contributed by atoms with Crippen LogP contribution in [0, 0.1) is 0 Å². The molecule has 0 aliphatic carbocycles. The highest BCUT2D eigenvalue weighted by atomic mass is 32.1. The number of ether oxygens (including phenoxy) is 1. The number of benzene rings is 1. The highest BCUT2D eigenvalue weighted by Gasteiger charge is 2.24. The van der Waals surface area contributed by atoms with Crippen molar-refractivity contribution in [2.45, 2.75) is 19.4 Å². The maximum absolute atomic E-state index is 12.6. The molecular formula is C20H16N4O3S2. The monoisotopic (exact) mass is 424 g/mol. The van der Waals surface area contributed by atoms with Crippen molar-refractivity contribution >= 4 is 50.7 Å². The van der Waals surface area contributed by atoms with Gasteiger partial charge in [-0.2, -0.15) is 0 Å². The third-order valence-corrected chi connectivity index (χ3v) is 5.73. The second-order valence-electron chi connectivity index (χ2n) is 6.05. The molecule has 0 saturated heterocycles. The van der Waals surface area contributed by atoms with Gasteiger partial charge in [0.05, 0.1) is 27.8 Å². The average molecular weight is 425 g/mol. The lowest BCUT2D eigenvalue weighted by molar-refractivity contribution is -0.124. The highest BCUT2D eigenvalue weighted by Crippen LogP contribution is 2.28. The summed E-state index contributed by atoms with van der Waals surface area (Å²) in [6, 6.07) is 11.1. The zero-order valence-corrected chi connectivity index (χ0v) is 17.0. The van der Waals surface area contributed by atoms with E-state index in [-0.39, 0.29) is 5.69 Å². The van der Waals surface area contributed by atoms with E-state index < -0.39 is 18.0 Å². The summed E-state index contributed by atoms with van der Waals surface area (Å²) in [7, 11) is 0. The van der Waals surface area contributed by atoms with Gasteiger partial charge in [-0.15, -0.1) is 22.7 Å². The predicted molar refractivity (Wildman–Crippen MR) is 113 cm³/mol. The van der Waals surface area contributed by atoms with Crippen LogP contribution in [0.5, 0.6) is 0 Å². The van der Waals surface area contributed by atoms with Gasteiger partial charge in [0, 0.05) is 5.38 Å². The van der Waals surface area contributed by atoms with E-state index >= 15 is 0 Å². The number of thiophene rings is 1. The van der Waals surface area contributed by atoms with Crippen LogP contribution >= 0.6 is 22.7 Å². The number of carbonyl (C=O) groups is 2. The molecule has 1 atom stereocenters. The van der Waals surface area contributed by atoms with Crippen LogP contribution < -0.4 is 5.32 Å². The van der Waals surface area contributed by atoms with Gasteiger partial charge in [0.25, 0.3) is 5.91 Å². The van der Waals surface area contributed by atoms with Crippen molar-refractivity contribution in [2.24, 2.45) is 0 Å². The van der Waals surface area contributed by atoms with Gasteiger partial charge in [-0.3, -0.25) is 15.1 Å². The number of amides is 1. The molecule has 9 heteroatoms. The molecule has 1 unspecified atom stereocenters. The summed E-state index contributed by atoms with van der Waals surface area (Å²) in [5.41, 5.74) is 2.13. The van der Waals surface area contributed by atoms with E-state index in [0.717, 1.165) is 10.6 Å². The fraction of sp³-hybridized carbons (Fsp3) is 0.150. The van der Waals surface area contributed by atoms with Gasteiger partial charge in [-0.05, 0) is 30.0 Å². The Kier molecular flexibility index (Phi) is 5.59. The molecule has 7 nitrogen and oxygen atoms in total. The fourth-order valence-corrected chi connectivity index (χ4v) is 4.10. The first-order chi connectivity index (χ1) is 14.1. The molecule has 0 fully saturated rings. The summed E-state index contributed by atoms with van der Waals surface area (Å²) in [5, 5.41) is 7.02. The van der Waals surface area contributed by atoms with Gasteiger partial charge in [-0.25, -0.2) is 14.8 Å². The number of rotatable bonds is 6. The molecule has 1 aromatic carbocycles. The van der Waals surface area contributed by atoms with Crippen molar-refractivity contribution in [1.82, 2.24) is 15.0 Å². The first kappa shape index (κ1) is 19.2. The molecule has 4 rings (SSSR count). The average Bonchev–Trinajstić information content (AvgIpc) is 3.43. The maximum Gasteiger partial charge on any atom is 0.359 e. The van der Waals surface area contributed by atoms with Gasteiger partial charge < -0.3 is 4.74 Å². The number of hydrogen-bond donors (Lipinski definition) is 1. The Balaban J connectivity index is 1.43. The fourth-order valence-electron chi connectivity index (χ4n) is 2.62. The van der Waals surface area contributed by atoms with Crippen molar-refractivity contribution in [1.29, 1.82) is 0 Å². The van der Waals surface area contributed by atoms with E-state index in [2.05, 4.69) is 20.3 Å². The number of nitrogens with zero attached hydrogens (tertiary/aromatic N) is 3. The van der Waals surface area contributed by atoms with Crippen LogP contribution in [-0.2, 0) is 9.53 Å². The minimum absolute atomic E-state index is 0.0594. The third kappa shape index (κ3) is 4.30. The lowest BCUT2D eigenvalue weighted by Gasteiger charge is -2.14. The Morgan fingerprint density at radius 1 is 1.10 bits per heavy atom. The number of fused-ring (bicyclic) bond motifs is 1. The zero-order chi connectivity index (χ0) is 20.2. The molecule has 0 aliphatic heterocycles. The third-order valence-electron chi connectivity index (χ3n) is 4.08. The van der Waals surface area contributed by atoms with Crippen LogP contribution in [0.2, 0.25) is 0 Å². The van der Waals surface area contributed by atoms with Gasteiger partial charge in [0.15, 0.2) is 16.9 Å². The second-order valence-corrected chi connectivity index (χ2v) is 7.86. The summed E-state index contributed by atoms with van der Waals surface area (Å²) >= 11 is 2.90. The summed E-state index contributed by atoms with van der Waals surface area (Å²) in [4.78, 5) is 38.9. The minimum atomic E-state index is -0.954. The SMILES string of the molecule is CCC(OC(=O)c1cnc2ccccc2n1)C(=O)Nc1nc(-c2cccs2)cs1. The summed E-state index contributed by atoms with van der Waals surface area (Å²) in [5.74, 6) is -1.12. The quantitative estimate of drug-likeness (QED) is 0.461. The number of hydrogen-bond acceptors (Lipinski definition) is 8. The molecule has 3 aromatic heterocycles. The number of carbonyl (C=O) groups excluding carboxylic acids is 2. The molecule has 1 N–H and O–H groups in total. The number of nitrogens with one attached hydrogen (secondary N) is 1. The molecule has 0 bridgehead atoms. The Morgan fingerprint density at radius 2 is 1.93 bits per heavy atom. The Morgan fingerprint density at radius 3 is 2.69 bits per heavy atom. The molecule has 3 heterocycles. The highest BCUT2D eigenvalue weighted by molar-refractivity contribution is 7.16. The van der Waals surface area contributed by atoms with Crippen molar-refractivity contribution in [2.75, 3.05) is 5.32 Å². The van der Waals surface area contributed by atoms with Gasteiger partial charge in [0.2, 0.25) is 0 Å². The maximum atomic E-state index is 12.6. The van der Waals surface area contributed by atoms with Crippen LogP contribution in [0.4, 0.5) is 5.13 Å². The van der Waals surface area contributed by atoms with Crippen LogP contribution in [0.25, 0.3) is 21.6 Å². The summed E-state index contributed by atoms with van der Waals surface area (Å²) in [6.45, 7) is 1.77. The van der Waals surface area contributed by atoms with E-state index in [1.54, 1.807) is 30.4 Å². The van der Waals surface area contributed by atoms with Gasteiger partial charge >= 0.3 is 5.97 Å². The van der Waals surface area contributed by atoms with Crippen molar-refractivity contribution in [3.63, 3.8) is 0 Å². The van der Waals surface area contributed by atoms with Crippen molar-refractivity contribution in [3.8, 4) is 10.6 Å². The van der Waals surface area contributed by atoms with E-state index in [1.807, 2.05) is 35.0 Å². The minimum Gasteiger partial charge on any atom is -0.447 e. The van der Waals surface area contributed by atoms with Crippen LogP contribution in [0.1, 0.15) is 23.8 Å². The number of thiazole rings is 1. The lowest BCUT2D eigenvalue weighted by Crippen LogP contribution is -2.32. The van der Waals surface area contributed by atoms with Gasteiger partial charge in [-0.1, -0.05) is 25.1 Å². The Bertz CT molecular complexity index is 1160. The molecule has 0 radical (unpaired) electrons.